The van der Waals surface area contributed by atoms with Crippen molar-refractivity contribution in [3.05, 3.63) is 29.6 Å². The first kappa shape index (κ1) is 13.9. The lowest BCUT2D eigenvalue weighted by molar-refractivity contribution is 0.194. The van der Waals surface area contributed by atoms with Gasteiger partial charge in [0.05, 0.1) is 12.7 Å². The van der Waals surface area contributed by atoms with Crippen molar-refractivity contribution in [2.75, 3.05) is 24.6 Å². The molecule has 3 nitrogen and oxygen atoms in total. The molecule has 4 heteroatoms. The van der Waals surface area contributed by atoms with E-state index in [-0.39, 0.29) is 6.61 Å². The Hall–Kier alpha value is -1.13. The van der Waals surface area contributed by atoms with Gasteiger partial charge in [-0.05, 0) is 25.5 Å². The molecule has 0 bridgehead atoms. The summed E-state index contributed by atoms with van der Waals surface area (Å²) in [6.07, 6.45) is 0.0414. The second-order valence-electron chi connectivity index (χ2n) is 4.06. The van der Waals surface area contributed by atoms with Crippen LogP contribution in [0.1, 0.15) is 31.9 Å². The van der Waals surface area contributed by atoms with Gasteiger partial charge in [0.25, 0.3) is 0 Å². The lowest BCUT2D eigenvalue weighted by Crippen LogP contribution is -2.29. The monoisotopic (exact) mass is 241 g/mol. The predicted molar refractivity (Wildman–Crippen MR) is 66.6 cm³/mol. The fourth-order valence-corrected chi connectivity index (χ4v) is 1.96. The fraction of sp³-hybridized carbons (Fsp3) is 0.538. The van der Waals surface area contributed by atoms with Gasteiger partial charge in [0.1, 0.15) is 5.82 Å². The molecule has 0 fully saturated rings. The van der Waals surface area contributed by atoms with Gasteiger partial charge in [-0.15, -0.1) is 0 Å². The number of halogens is 1. The van der Waals surface area contributed by atoms with Gasteiger partial charge in [-0.2, -0.15) is 0 Å². The molecular weight excluding hydrogens is 221 g/mol. The molecule has 17 heavy (non-hydrogen) atoms. The largest absolute Gasteiger partial charge is 0.395 e. The van der Waals surface area contributed by atoms with Crippen molar-refractivity contribution < 1.29 is 14.6 Å². The molecule has 0 aliphatic heterocycles. The van der Waals surface area contributed by atoms with Crippen LogP contribution in [-0.2, 0) is 0 Å². The van der Waals surface area contributed by atoms with Crippen molar-refractivity contribution in [3.63, 3.8) is 0 Å². The van der Waals surface area contributed by atoms with E-state index in [9.17, 15) is 9.50 Å². The number of benzene rings is 1. The van der Waals surface area contributed by atoms with E-state index in [1.165, 1.54) is 6.07 Å². The van der Waals surface area contributed by atoms with Crippen molar-refractivity contribution in [2.24, 2.45) is 0 Å². The number of anilines is 1. The zero-order valence-corrected chi connectivity index (χ0v) is 10.4. The van der Waals surface area contributed by atoms with E-state index in [2.05, 4.69) is 0 Å². The van der Waals surface area contributed by atoms with Crippen molar-refractivity contribution in [2.45, 2.75) is 26.4 Å². The van der Waals surface area contributed by atoms with Crippen LogP contribution in [-0.4, -0.2) is 29.9 Å². The van der Waals surface area contributed by atoms with Crippen LogP contribution in [0.2, 0.25) is 0 Å². The topological polar surface area (TPSA) is 43.7 Å². The predicted octanol–water partition coefficient (Wildman–Crippen LogP) is 2.09. The van der Waals surface area contributed by atoms with E-state index < -0.39 is 11.9 Å². The van der Waals surface area contributed by atoms with E-state index in [1.807, 2.05) is 11.8 Å². The second-order valence-corrected chi connectivity index (χ2v) is 4.06. The van der Waals surface area contributed by atoms with Gasteiger partial charge in [-0.1, -0.05) is 13.0 Å². The first-order chi connectivity index (χ1) is 8.11. The number of aliphatic hydroxyl groups is 2. The van der Waals surface area contributed by atoms with Crippen molar-refractivity contribution in [1.82, 2.24) is 0 Å². The molecule has 0 heterocycles. The average molecular weight is 241 g/mol. The molecule has 1 rings (SSSR count). The van der Waals surface area contributed by atoms with Crippen LogP contribution < -0.4 is 4.90 Å². The molecule has 0 radical (unpaired) electrons. The highest BCUT2D eigenvalue weighted by Gasteiger charge is 2.17. The number of rotatable bonds is 6. The molecular formula is C13H20FNO2. The molecule has 0 aliphatic carbocycles. The average Bonchev–Trinajstić information content (AvgIpc) is 2.28. The van der Waals surface area contributed by atoms with Gasteiger partial charge < -0.3 is 15.1 Å². The SMILES string of the molecule is CCCN(CCO)c1cccc(F)c1C(C)O. The maximum Gasteiger partial charge on any atom is 0.131 e. The van der Waals surface area contributed by atoms with Crippen LogP contribution >= 0.6 is 0 Å². The molecule has 1 aromatic rings. The number of aliphatic hydroxyl groups excluding tert-OH is 2. The van der Waals surface area contributed by atoms with Gasteiger partial charge >= 0.3 is 0 Å². The summed E-state index contributed by atoms with van der Waals surface area (Å²) in [4.78, 5) is 1.89. The third kappa shape index (κ3) is 3.41. The zero-order chi connectivity index (χ0) is 12.8. The normalized spacial score (nSPS) is 12.5. The second kappa shape index (κ2) is 6.57. The Bertz CT molecular complexity index is 349. The molecule has 2 N–H and O–H groups in total. The van der Waals surface area contributed by atoms with Crippen molar-refractivity contribution in [1.29, 1.82) is 0 Å². The van der Waals surface area contributed by atoms with Gasteiger partial charge in [-0.25, -0.2) is 4.39 Å². The molecule has 1 atom stereocenters. The van der Waals surface area contributed by atoms with Crippen LogP contribution in [0.15, 0.2) is 18.2 Å². The molecule has 0 saturated heterocycles. The Morgan fingerprint density at radius 2 is 2.06 bits per heavy atom. The third-order valence-electron chi connectivity index (χ3n) is 2.65. The Morgan fingerprint density at radius 1 is 1.35 bits per heavy atom. The summed E-state index contributed by atoms with van der Waals surface area (Å²) >= 11 is 0. The van der Waals surface area contributed by atoms with Crippen LogP contribution in [0.25, 0.3) is 0 Å². The highest BCUT2D eigenvalue weighted by molar-refractivity contribution is 5.55. The highest BCUT2D eigenvalue weighted by Crippen LogP contribution is 2.28. The van der Waals surface area contributed by atoms with Gasteiger partial charge in [0.2, 0.25) is 0 Å². The lowest BCUT2D eigenvalue weighted by atomic mass is 10.1. The summed E-state index contributed by atoms with van der Waals surface area (Å²) in [5, 5.41) is 18.7. The van der Waals surface area contributed by atoms with Crippen LogP contribution in [0, 0.1) is 5.82 Å². The summed E-state index contributed by atoms with van der Waals surface area (Å²) in [6.45, 7) is 4.74. The molecule has 0 aromatic heterocycles. The van der Waals surface area contributed by atoms with Gasteiger partial charge in [0, 0.05) is 24.3 Å². The minimum atomic E-state index is -0.857. The third-order valence-corrected chi connectivity index (χ3v) is 2.65. The van der Waals surface area contributed by atoms with Crippen molar-refractivity contribution >= 4 is 5.69 Å². The van der Waals surface area contributed by atoms with Crippen molar-refractivity contribution in [3.8, 4) is 0 Å². The Kier molecular flexibility index (Phi) is 5.38. The van der Waals surface area contributed by atoms with E-state index >= 15 is 0 Å². The number of hydrogen-bond donors (Lipinski definition) is 2. The summed E-state index contributed by atoms with van der Waals surface area (Å²) in [5.41, 5.74) is 0.963. The molecule has 0 spiro atoms. The van der Waals surface area contributed by atoms with Gasteiger partial charge in [-0.3, -0.25) is 0 Å². The molecule has 1 unspecified atom stereocenters. The highest BCUT2D eigenvalue weighted by atomic mass is 19.1. The maximum atomic E-state index is 13.7. The quantitative estimate of drug-likeness (QED) is 0.801. The smallest absolute Gasteiger partial charge is 0.131 e. The standard InChI is InChI=1S/C13H20FNO2/c1-3-7-15(8-9-16)12-6-4-5-11(14)13(12)10(2)17/h4-6,10,16-17H,3,7-9H2,1-2H3. The summed E-state index contributed by atoms with van der Waals surface area (Å²) in [5.74, 6) is -0.406. The van der Waals surface area contributed by atoms with Gasteiger partial charge in [0.15, 0.2) is 0 Å². The molecule has 0 saturated carbocycles. The van der Waals surface area contributed by atoms with E-state index in [1.54, 1.807) is 19.1 Å². The summed E-state index contributed by atoms with van der Waals surface area (Å²) < 4.78 is 13.7. The minimum absolute atomic E-state index is 0.00969. The van der Waals surface area contributed by atoms with E-state index in [0.29, 0.717) is 17.8 Å². The Labute approximate surface area is 101 Å². The Morgan fingerprint density at radius 3 is 2.59 bits per heavy atom. The number of hydrogen-bond acceptors (Lipinski definition) is 3. The number of nitrogens with zero attached hydrogens (tertiary/aromatic N) is 1. The van der Waals surface area contributed by atoms with Crippen LogP contribution in [0.5, 0.6) is 0 Å². The molecule has 0 aliphatic rings. The first-order valence-electron chi connectivity index (χ1n) is 5.94. The summed E-state index contributed by atoms with van der Waals surface area (Å²) in [7, 11) is 0. The molecule has 0 amide bonds. The fourth-order valence-electron chi connectivity index (χ4n) is 1.96. The Balaban J connectivity index is 3.12. The first-order valence-corrected chi connectivity index (χ1v) is 5.94. The zero-order valence-electron chi connectivity index (χ0n) is 10.4. The summed E-state index contributed by atoms with van der Waals surface area (Å²) in [6, 6.07) is 4.74. The maximum absolute atomic E-state index is 13.7. The molecule has 96 valence electrons. The van der Waals surface area contributed by atoms with E-state index in [0.717, 1.165) is 13.0 Å². The van der Waals surface area contributed by atoms with E-state index in [4.69, 9.17) is 5.11 Å². The minimum Gasteiger partial charge on any atom is -0.395 e. The molecule has 1 aromatic carbocycles. The lowest BCUT2D eigenvalue weighted by Gasteiger charge is -2.27. The van der Waals surface area contributed by atoms with Crippen LogP contribution in [0.3, 0.4) is 0 Å². The van der Waals surface area contributed by atoms with Crippen LogP contribution in [0.4, 0.5) is 10.1 Å².